The van der Waals surface area contributed by atoms with Crippen LogP contribution in [0.15, 0.2) is 103 Å². The second-order valence-electron chi connectivity index (χ2n) is 13.4. The van der Waals surface area contributed by atoms with Crippen LogP contribution in [0.1, 0.15) is 54.4 Å². The van der Waals surface area contributed by atoms with Crippen LogP contribution in [0.4, 0.5) is 17.6 Å². The Morgan fingerprint density at radius 1 is 0.567 bits per heavy atom. The lowest BCUT2D eigenvalue weighted by molar-refractivity contribution is 0.0955. The van der Waals surface area contributed by atoms with Crippen LogP contribution in [0.3, 0.4) is 0 Å². The smallest absolute Gasteiger partial charge is 0.273 e. The van der Waals surface area contributed by atoms with Gasteiger partial charge in [-0.2, -0.15) is 0 Å². The Morgan fingerprint density at radius 2 is 0.933 bits per heavy atom. The van der Waals surface area contributed by atoms with Crippen LogP contribution < -0.4 is 31.2 Å². The van der Waals surface area contributed by atoms with E-state index in [1.807, 2.05) is 13.8 Å². The number of aryl methyl sites for hydroxylation is 4. The number of aromatic nitrogens is 2. The van der Waals surface area contributed by atoms with E-state index in [-0.39, 0.29) is 67.7 Å². The molecule has 6 aromatic rings. The highest BCUT2D eigenvalue weighted by molar-refractivity contribution is 9.10. The summed E-state index contributed by atoms with van der Waals surface area (Å²) in [6.45, 7) is 6.79. The van der Waals surface area contributed by atoms with E-state index in [9.17, 15) is 36.7 Å². The second-order valence-corrected chi connectivity index (χ2v) is 15.0. The molecule has 0 aliphatic rings. The molecule has 0 atom stereocenters. The molecule has 6 rings (SSSR count). The minimum Gasteiger partial charge on any atom is -0.487 e. The van der Waals surface area contributed by atoms with Gasteiger partial charge in [0.05, 0.1) is 11.4 Å². The standard InChI is InChI=1S/2C22H19BrF2N2O3/c2*1-12-4-5-14(21(28)26-3)9-18(12)27-13(2)8-19(20(23)22(27)29)30-11-15-6-7-16(24)10-17(15)25/h2*4-10H,11H2,1-3H3,(H,26,28). The van der Waals surface area contributed by atoms with Gasteiger partial charge in [-0.3, -0.25) is 28.3 Å². The number of halogens is 6. The molecule has 0 aliphatic carbocycles. The van der Waals surface area contributed by atoms with Gasteiger partial charge in [0, 0.05) is 72.0 Å². The maximum Gasteiger partial charge on any atom is 0.273 e. The molecule has 0 unspecified atom stereocenters. The average molecular weight is 955 g/mol. The van der Waals surface area contributed by atoms with E-state index in [0.29, 0.717) is 33.9 Å². The molecule has 2 N–H and O–H groups in total. The fourth-order valence-corrected chi connectivity index (χ4v) is 6.84. The number of rotatable bonds is 10. The number of pyridine rings is 2. The summed E-state index contributed by atoms with van der Waals surface area (Å²) in [7, 11) is 3.07. The largest absolute Gasteiger partial charge is 0.487 e. The number of nitrogens with one attached hydrogen (secondary N) is 2. The first-order chi connectivity index (χ1) is 28.4. The summed E-state index contributed by atoms with van der Waals surface area (Å²) in [5, 5.41) is 5.12. The predicted molar refractivity (Wildman–Crippen MR) is 227 cm³/mol. The molecule has 0 saturated heterocycles. The van der Waals surface area contributed by atoms with Gasteiger partial charge >= 0.3 is 0 Å². The van der Waals surface area contributed by atoms with Crippen molar-refractivity contribution in [2.45, 2.75) is 40.9 Å². The third-order valence-electron chi connectivity index (χ3n) is 9.27. The quantitative estimate of drug-likeness (QED) is 0.133. The topological polar surface area (TPSA) is 121 Å². The Bertz CT molecular complexity index is 2570. The maximum atomic E-state index is 13.8. The van der Waals surface area contributed by atoms with Crippen molar-refractivity contribution in [2.24, 2.45) is 0 Å². The van der Waals surface area contributed by atoms with Gasteiger partial charge in [-0.1, -0.05) is 12.1 Å². The molecule has 0 radical (unpaired) electrons. The number of carbonyl (C=O) groups excluding carboxylic acids is 2. The number of hydrogen-bond donors (Lipinski definition) is 2. The highest BCUT2D eigenvalue weighted by atomic mass is 79.9. The number of benzene rings is 4. The summed E-state index contributed by atoms with van der Waals surface area (Å²) in [6, 6.07) is 19.9. The number of carbonyl (C=O) groups is 2. The van der Waals surface area contributed by atoms with Crippen molar-refractivity contribution in [3.63, 3.8) is 0 Å². The first-order valence-corrected chi connectivity index (χ1v) is 19.7. The Hall–Kier alpha value is -6.00. The highest BCUT2D eigenvalue weighted by Crippen LogP contribution is 2.28. The molecule has 2 aromatic heterocycles. The summed E-state index contributed by atoms with van der Waals surface area (Å²) in [5.74, 6) is -2.86. The summed E-state index contributed by atoms with van der Waals surface area (Å²) in [5.41, 5.74) is 4.28. The summed E-state index contributed by atoms with van der Waals surface area (Å²) < 4.78 is 68.3. The van der Waals surface area contributed by atoms with E-state index in [4.69, 9.17) is 9.47 Å². The van der Waals surface area contributed by atoms with E-state index >= 15 is 0 Å². The molecule has 0 fully saturated rings. The summed E-state index contributed by atoms with van der Waals surface area (Å²) in [6.07, 6.45) is 0. The van der Waals surface area contributed by atoms with Crippen LogP contribution >= 0.6 is 31.9 Å². The van der Waals surface area contributed by atoms with Crippen LogP contribution in [-0.2, 0) is 13.2 Å². The molecule has 0 bridgehead atoms. The Labute approximate surface area is 359 Å². The zero-order valence-electron chi connectivity index (χ0n) is 33.1. The van der Waals surface area contributed by atoms with Gasteiger partial charge in [0.25, 0.3) is 22.9 Å². The lowest BCUT2D eigenvalue weighted by atomic mass is 10.1. The third kappa shape index (κ3) is 10.1. The van der Waals surface area contributed by atoms with Gasteiger partial charge in [0.1, 0.15) is 56.9 Å². The van der Waals surface area contributed by atoms with Crippen LogP contribution in [-0.4, -0.2) is 35.0 Å². The molecule has 4 aromatic carbocycles. The van der Waals surface area contributed by atoms with Crippen molar-refractivity contribution in [2.75, 3.05) is 14.1 Å². The third-order valence-corrected chi connectivity index (χ3v) is 10.7. The molecule has 2 amide bonds. The Balaban J connectivity index is 0.000000228. The van der Waals surface area contributed by atoms with Crippen molar-refractivity contribution in [1.29, 1.82) is 0 Å². The maximum absolute atomic E-state index is 13.8. The SMILES string of the molecule is CNC(=O)c1ccc(C)c(-n2c(C)cc(OCc3ccc(F)cc3F)c(Br)c2=O)c1.CNC(=O)c1ccc(C)c(-n2c(C)cc(OCc3ccc(F)cc3F)c(Br)c2=O)c1. The Kier molecular flexibility index (Phi) is 14.6. The average Bonchev–Trinajstić information content (AvgIpc) is 3.21. The zero-order chi connectivity index (χ0) is 44.0. The van der Waals surface area contributed by atoms with Crippen molar-refractivity contribution in [3.05, 3.63) is 183 Å². The summed E-state index contributed by atoms with van der Waals surface area (Å²) in [4.78, 5) is 50.1. The van der Waals surface area contributed by atoms with E-state index in [0.717, 1.165) is 35.4 Å². The monoisotopic (exact) mass is 952 g/mol. The molecule has 60 heavy (non-hydrogen) atoms. The van der Waals surface area contributed by atoms with Gasteiger partial charge < -0.3 is 20.1 Å². The van der Waals surface area contributed by atoms with E-state index in [1.165, 1.54) is 35.4 Å². The predicted octanol–water partition coefficient (Wildman–Crippen LogP) is 8.87. The number of hydrogen-bond acceptors (Lipinski definition) is 6. The zero-order valence-corrected chi connectivity index (χ0v) is 36.3. The minimum atomic E-state index is -0.724. The number of amides is 2. The molecule has 0 aliphatic heterocycles. The van der Waals surface area contributed by atoms with Crippen LogP contribution in [0, 0.1) is 51.0 Å². The van der Waals surface area contributed by atoms with Gasteiger partial charge in [0.15, 0.2) is 0 Å². The fourth-order valence-electron chi connectivity index (χ4n) is 6.03. The molecule has 0 spiro atoms. The normalized spacial score (nSPS) is 10.7. The Morgan fingerprint density at radius 3 is 1.27 bits per heavy atom. The van der Waals surface area contributed by atoms with Gasteiger partial charge in [0.2, 0.25) is 0 Å². The van der Waals surface area contributed by atoms with Crippen molar-refractivity contribution in [3.8, 4) is 22.9 Å². The van der Waals surface area contributed by atoms with Crippen molar-refractivity contribution >= 4 is 43.7 Å². The minimum absolute atomic E-state index is 0.153. The van der Waals surface area contributed by atoms with E-state index in [2.05, 4.69) is 42.5 Å². The molecule has 16 heteroatoms. The van der Waals surface area contributed by atoms with Crippen molar-refractivity contribution in [1.82, 2.24) is 19.8 Å². The van der Waals surface area contributed by atoms with Crippen molar-refractivity contribution < 1.29 is 36.6 Å². The highest BCUT2D eigenvalue weighted by Gasteiger charge is 2.19. The molecular formula is C44H38Br2F4N4O6. The van der Waals surface area contributed by atoms with Gasteiger partial charge in [-0.15, -0.1) is 0 Å². The van der Waals surface area contributed by atoms with E-state index in [1.54, 1.807) is 62.4 Å². The lowest BCUT2D eigenvalue weighted by Gasteiger charge is -2.17. The number of nitrogens with zero attached hydrogens (tertiary/aromatic N) is 2. The van der Waals surface area contributed by atoms with Crippen LogP contribution in [0.5, 0.6) is 11.5 Å². The second kappa shape index (κ2) is 19.4. The van der Waals surface area contributed by atoms with Gasteiger partial charge in [-0.25, -0.2) is 17.6 Å². The lowest BCUT2D eigenvalue weighted by Crippen LogP contribution is -2.24. The summed E-state index contributed by atoms with van der Waals surface area (Å²) >= 11 is 6.52. The molecule has 0 saturated carbocycles. The molecule has 2 heterocycles. The van der Waals surface area contributed by atoms with Crippen LogP contribution in [0.2, 0.25) is 0 Å². The fraction of sp³-hybridized carbons (Fsp3) is 0.182. The van der Waals surface area contributed by atoms with Gasteiger partial charge in [-0.05, 0) is 119 Å². The molecule has 312 valence electrons. The first kappa shape index (κ1) is 45.1. The van der Waals surface area contributed by atoms with Crippen LogP contribution in [0.25, 0.3) is 11.4 Å². The van der Waals surface area contributed by atoms with E-state index < -0.39 is 23.3 Å². The molecule has 10 nitrogen and oxygen atoms in total. The number of ether oxygens (including phenoxy) is 2. The first-order valence-electron chi connectivity index (χ1n) is 18.1. The molecular weight excluding hydrogens is 916 g/mol.